The Morgan fingerprint density at radius 1 is 1.15 bits per heavy atom. The summed E-state index contributed by atoms with van der Waals surface area (Å²) in [6.45, 7) is 6.06. The summed E-state index contributed by atoms with van der Waals surface area (Å²) < 4.78 is 0. The maximum atomic E-state index is 9.71. The number of nitriles is 1. The minimum Gasteiger partial charge on any atom is -0.253 e. The minimum absolute atomic E-state index is 0.195. The summed E-state index contributed by atoms with van der Waals surface area (Å²) in [7, 11) is 0. The Kier molecular flexibility index (Phi) is 4.39. The van der Waals surface area contributed by atoms with Gasteiger partial charge < -0.3 is 0 Å². The van der Waals surface area contributed by atoms with Gasteiger partial charge in [0.25, 0.3) is 0 Å². The highest BCUT2D eigenvalue weighted by Crippen LogP contribution is 2.37. The van der Waals surface area contributed by atoms with Crippen molar-refractivity contribution in [2.75, 3.05) is 0 Å². The number of rotatable bonds is 2. The van der Waals surface area contributed by atoms with Crippen LogP contribution in [0.4, 0.5) is 0 Å². The molecule has 27 heavy (non-hydrogen) atoms. The van der Waals surface area contributed by atoms with Gasteiger partial charge in [-0.05, 0) is 43.5 Å². The molecule has 0 spiro atoms. The zero-order chi connectivity index (χ0) is 19.1. The van der Waals surface area contributed by atoms with Crippen LogP contribution in [-0.2, 0) is 0 Å². The van der Waals surface area contributed by atoms with E-state index in [0.717, 1.165) is 38.4 Å². The highest BCUT2D eigenvalue weighted by molar-refractivity contribution is 7.13. The van der Waals surface area contributed by atoms with Crippen molar-refractivity contribution in [2.45, 2.75) is 20.8 Å². The Balaban J connectivity index is 2.07. The van der Waals surface area contributed by atoms with Crippen LogP contribution in [0.15, 0.2) is 36.0 Å². The molecular weight excluding hydrogens is 376 g/mol. The van der Waals surface area contributed by atoms with E-state index in [1.54, 1.807) is 11.3 Å². The maximum absolute atomic E-state index is 9.71. The molecule has 0 bridgehead atoms. The van der Waals surface area contributed by atoms with E-state index in [2.05, 4.69) is 21.0 Å². The molecule has 1 aromatic carbocycles. The van der Waals surface area contributed by atoms with Crippen LogP contribution in [0.25, 0.3) is 32.6 Å². The van der Waals surface area contributed by atoms with Crippen molar-refractivity contribution < 1.29 is 0 Å². The number of hydrogen-bond acceptors (Lipinski definition) is 5. The topological polar surface area (TPSA) is 62.5 Å². The molecule has 0 unspecified atom stereocenters. The van der Waals surface area contributed by atoms with E-state index < -0.39 is 0 Å². The van der Waals surface area contributed by atoms with Gasteiger partial charge in [-0.2, -0.15) is 5.26 Å². The van der Waals surface area contributed by atoms with Gasteiger partial charge in [0.2, 0.25) is 0 Å². The zero-order valence-corrected chi connectivity index (χ0v) is 16.6. The van der Waals surface area contributed by atoms with E-state index in [1.165, 1.54) is 0 Å². The van der Waals surface area contributed by atoms with Crippen LogP contribution < -0.4 is 0 Å². The average Bonchev–Trinajstić information content (AvgIpc) is 3.08. The van der Waals surface area contributed by atoms with E-state index in [-0.39, 0.29) is 5.15 Å². The van der Waals surface area contributed by atoms with Gasteiger partial charge in [0.05, 0.1) is 32.7 Å². The van der Waals surface area contributed by atoms with Crippen molar-refractivity contribution >= 4 is 34.0 Å². The van der Waals surface area contributed by atoms with Crippen molar-refractivity contribution in [1.82, 2.24) is 15.0 Å². The summed E-state index contributed by atoms with van der Waals surface area (Å²) >= 11 is 7.95. The monoisotopic (exact) mass is 390 g/mol. The average molecular weight is 391 g/mol. The first-order valence-electron chi connectivity index (χ1n) is 8.37. The Morgan fingerprint density at radius 2 is 1.96 bits per heavy atom. The third-order valence-electron chi connectivity index (χ3n) is 4.77. The summed E-state index contributed by atoms with van der Waals surface area (Å²) in [6, 6.07) is 10.2. The third-order valence-corrected chi connectivity index (χ3v) is 6.02. The summed E-state index contributed by atoms with van der Waals surface area (Å²) in [4.78, 5) is 14.5. The first kappa shape index (κ1) is 17.6. The Morgan fingerprint density at radius 3 is 2.67 bits per heavy atom. The number of halogens is 1. The lowest BCUT2D eigenvalue weighted by Crippen LogP contribution is -1.97. The van der Waals surface area contributed by atoms with Gasteiger partial charge in [-0.25, -0.2) is 9.97 Å². The van der Waals surface area contributed by atoms with Crippen LogP contribution in [0.5, 0.6) is 0 Å². The molecule has 0 radical (unpaired) electrons. The van der Waals surface area contributed by atoms with Gasteiger partial charge >= 0.3 is 0 Å². The lowest BCUT2D eigenvalue weighted by molar-refractivity contribution is 1.26. The molecule has 6 heteroatoms. The molecule has 4 nitrogen and oxygen atoms in total. The highest BCUT2D eigenvalue weighted by Gasteiger charge is 2.19. The molecule has 0 N–H and O–H groups in total. The number of aromatic nitrogens is 3. The molecule has 4 aromatic rings. The normalized spacial score (nSPS) is 10.9. The standard InChI is InChI=1S/C21H15ClN4S/c1-11-5-4-6-15(12(11)2)18-16(8-23)21(22)26-17-7-14(9-24-19(17)18)20-13(3)25-10-27-20/h4-7,9-10H,1-3H3. The second-order valence-electron chi connectivity index (χ2n) is 6.37. The van der Waals surface area contributed by atoms with Crippen LogP contribution in [0, 0.1) is 32.1 Å². The number of thiazole rings is 1. The summed E-state index contributed by atoms with van der Waals surface area (Å²) in [5.74, 6) is 0. The molecule has 0 fully saturated rings. The van der Waals surface area contributed by atoms with Crippen LogP contribution in [0.3, 0.4) is 0 Å². The molecule has 0 aliphatic rings. The third kappa shape index (κ3) is 2.87. The molecule has 0 saturated heterocycles. The number of nitrogens with zero attached hydrogens (tertiary/aromatic N) is 4. The predicted molar refractivity (Wildman–Crippen MR) is 110 cm³/mol. The second-order valence-corrected chi connectivity index (χ2v) is 7.58. The molecule has 132 valence electrons. The Bertz CT molecular complexity index is 1240. The number of hydrogen-bond donors (Lipinski definition) is 0. The fourth-order valence-corrected chi connectivity index (χ4v) is 4.22. The highest BCUT2D eigenvalue weighted by atomic mass is 35.5. The predicted octanol–water partition coefficient (Wildman–Crippen LogP) is 5.87. The van der Waals surface area contributed by atoms with Crippen molar-refractivity contribution in [2.24, 2.45) is 0 Å². The van der Waals surface area contributed by atoms with Gasteiger partial charge in [-0.1, -0.05) is 29.8 Å². The van der Waals surface area contributed by atoms with E-state index in [1.807, 2.05) is 56.7 Å². The van der Waals surface area contributed by atoms with Crippen molar-refractivity contribution in [1.29, 1.82) is 5.26 Å². The van der Waals surface area contributed by atoms with E-state index in [9.17, 15) is 5.26 Å². The van der Waals surface area contributed by atoms with Gasteiger partial charge in [0.15, 0.2) is 0 Å². The molecule has 3 aromatic heterocycles. The smallest absolute Gasteiger partial charge is 0.148 e. The lowest BCUT2D eigenvalue weighted by Gasteiger charge is -2.14. The molecular formula is C21H15ClN4S. The van der Waals surface area contributed by atoms with Crippen molar-refractivity contribution in [3.8, 4) is 27.6 Å². The first-order valence-corrected chi connectivity index (χ1v) is 9.63. The lowest BCUT2D eigenvalue weighted by atomic mass is 9.93. The quantitative estimate of drug-likeness (QED) is 0.401. The molecule has 4 rings (SSSR count). The van der Waals surface area contributed by atoms with Crippen molar-refractivity contribution in [3.63, 3.8) is 0 Å². The molecule has 0 aliphatic carbocycles. The van der Waals surface area contributed by atoms with Gasteiger partial charge in [0.1, 0.15) is 11.2 Å². The van der Waals surface area contributed by atoms with Gasteiger partial charge in [-0.15, -0.1) is 11.3 Å². The van der Waals surface area contributed by atoms with Crippen LogP contribution in [-0.4, -0.2) is 15.0 Å². The molecule has 3 heterocycles. The zero-order valence-electron chi connectivity index (χ0n) is 15.0. The van der Waals surface area contributed by atoms with Crippen LogP contribution >= 0.6 is 22.9 Å². The van der Waals surface area contributed by atoms with Gasteiger partial charge in [-0.3, -0.25) is 4.98 Å². The fourth-order valence-electron chi connectivity index (χ4n) is 3.20. The Labute approximate surface area is 166 Å². The van der Waals surface area contributed by atoms with E-state index in [0.29, 0.717) is 16.6 Å². The molecule has 0 amide bonds. The number of fused-ring (bicyclic) bond motifs is 1. The largest absolute Gasteiger partial charge is 0.253 e. The minimum atomic E-state index is 0.195. The maximum Gasteiger partial charge on any atom is 0.148 e. The molecule has 0 saturated carbocycles. The first-order chi connectivity index (χ1) is 13.0. The second kappa shape index (κ2) is 6.73. The summed E-state index contributed by atoms with van der Waals surface area (Å²) in [5, 5.41) is 9.91. The SMILES string of the molecule is Cc1cccc(-c2c(C#N)c(Cl)nc3cc(-c4scnc4C)cnc23)c1C. The van der Waals surface area contributed by atoms with Gasteiger partial charge in [0, 0.05) is 17.3 Å². The number of aryl methyl sites for hydroxylation is 2. The van der Waals surface area contributed by atoms with Crippen LogP contribution in [0.1, 0.15) is 22.4 Å². The summed E-state index contributed by atoms with van der Waals surface area (Å²) in [5.41, 5.74) is 9.35. The molecule has 0 aliphatic heterocycles. The number of pyridine rings is 2. The Hall–Kier alpha value is -2.81. The van der Waals surface area contributed by atoms with Crippen LogP contribution in [0.2, 0.25) is 5.15 Å². The summed E-state index contributed by atoms with van der Waals surface area (Å²) in [6.07, 6.45) is 1.81. The fraction of sp³-hybridized carbons (Fsp3) is 0.143. The number of benzene rings is 1. The van der Waals surface area contributed by atoms with E-state index in [4.69, 9.17) is 11.6 Å². The van der Waals surface area contributed by atoms with Crippen molar-refractivity contribution in [3.05, 3.63) is 63.5 Å². The molecule has 0 atom stereocenters. The van der Waals surface area contributed by atoms with E-state index >= 15 is 0 Å².